The number of halogens is 1. The molecule has 0 bridgehead atoms. The average Bonchev–Trinajstić information content (AvgIpc) is 2.54. The van der Waals surface area contributed by atoms with Gasteiger partial charge in [-0.1, -0.05) is 15.9 Å². The number of carbonyl (C=O) groups excluding carboxylic acids is 1. The fourth-order valence-corrected chi connectivity index (χ4v) is 1.94. The molecule has 0 aliphatic rings. The quantitative estimate of drug-likeness (QED) is 0.578. The van der Waals surface area contributed by atoms with E-state index in [1.807, 2.05) is 12.1 Å². The second kappa shape index (κ2) is 7.70. The van der Waals surface area contributed by atoms with Crippen LogP contribution in [0.15, 0.2) is 46.9 Å². The Bertz CT molecular complexity index is 617. The summed E-state index contributed by atoms with van der Waals surface area (Å²) in [4.78, 5) is 11.8. The van der Waals surface area contributed by atoms with Crippen molar-refractivity contribution in [2.45, 2.75) is 0 Å². The number of methoxy groups -OCH3 is 2. The molecule has 0 N–H and O–H groups in total. The first-order valence-corrected chi connectivity index (χ1v) is 7.22. The summed E-state index contributed by atoms with van der Waals surface area (Å²) in [6.45, 7) is -0.193. The molecule has 0 saturated carbocycles. The van der Waals surface area contributed by atoms with Crippen LogP contribution in [0, 0.1) is 0 Å². The molecule has 0 amide bonds. The highest BCUT2D eigenvalue weighted by atomic mass is 79.9. The largest absolute Gasteiger partial charge is 0.496 e. The molecule has 6 heteroatoms. The summed E-state index contributed by atoms with van der Waals surface area (Å²) >= 11 is 3.33. The van der Waals surface area contributed by atoms with E-state index in [1.54, 1.807) is 30.3 Å². The zero-order chi connectivity index (χ0) is 15.9. The summed E-state index contributed by atoms with van der Waals surface area (Å²) in [5.74, 6) is 1.48. The Kier molecular flexibility index (Phi) is 5.66. The fourth-order valence-electron chi connectivity index (χ4n) is 1.67. The third-order valence-corrected chi connectivity index (χ3v) is 3.26. The van der Waals surface area contributed by atoms with Gasteiger partial charge in [-0.3, -0.25) is 0 Å². The summed E-state index contributed by atoms with van der Waals surface area (Å²) in [5.41, 5.74) is 0. The maximum atomic E-state index is 11.8. The minimum absolute atomic E-state index is 0.193. The smallest absolute Gasteiger partial charge is 0.349 e. The summed E-state index contributed by atoms with van der Waals surface area (Å²) < 4.78 is 21.7. The lowest BCUT2D eigenvalue weighted by Gasteiger charge is -2.09. The predicted molar refractivity (Wildman–Crippen MR) is 84.8 cm³/mol. The Morgan fingerprint density at radius 3 is 2.00 bits per heavy atom. The number of carbonyl (C=O) groups is 1. The number of rotatable bonds is 6. The summed E-state index contributed by atoms with van der Waals surface area (Å²) in [5, 5.41) is 0. The topological polar surface area (TPSA) is 54.0 Å². The van der Waals surface area contributed by atoms with E-state index in [-0.39, 0.29) is 6.61 Å². The molecule has 0 heterocycles. The molecule has 0 fully saturated rings. The summed E-state index contributed by atoms with van der Waals surface area (Å²) in [6.07, 6.45) is 0. The average molecular weight is 367 g/mol. The molecule has 0 aliphatic heterocycles. The predicted octanol–water partition coefficient (Wildman–Crippen LogP) is 3.45. The molecular weight excluding hydrogens is 352 g/mol. The Morgan fingerprint density at radius 1 is 0.909 bits per heavy atom. The Balaban J connectivity index is 1.95. The zero-order valence-electron chi connectivity index (χ0n) is 12.2. The standard InChI is InChI=1S/C16H15BrO5/c1-19-13-7-14(20-2)9-15(8-13)22-16(18)10-21-12-5-3-11(17)4-6-12/h3-9H,10H2,1-2H3. The highest BCUT2D eigenvalue weighted by Gasteiger charge is 2.09. The molecule has 22 heavy (non-hydrogen) atoms. The molecule has 0 aromatic heterocycles. The van der Waals surface area contributed by atoms with Crippen LogP contribution in [0.5, 0.6) is 23.0 Å². The van der Waals surface area contributed by atoms with Crippen molar-refractivity contribution in [3.63, 3.8) is 0 Å². The maximum absolute atomic E-state index is 11.8. The number of ether oxygens (including phenoxy) is 4. The van der Waals surface area contributed by atoms with Crippen LogP contribution in [-0.4, -0.2) is 26.8 Å². The van der Waals surface area contributed by atoms with Gasteiger partial charge in [-0.25, -0.2) is 4.79 Å². The maximum Gasteiger partial charge on any atom is 0.349 e. The van der Waals surface area contributed by atoms with E-state index in [1.165, 1.54) is 14.2 Å². The van der Waals surface area contributed by atoms with Gasteiger partial charge in [-0.15, -0.1) is 0 Å². The first kappa shape index (κ1) is 16.2. The number of hydrogen-bond acceptors (Lipinski definition) is 5. The SMILES string of the molecule is COc1cc(OC)cc(OC(=O)COc2ccc(Br)cc2)c1. The Labute approximate surface area is 136 Å². The van der Waals surface area contributed by atoms with Crippen molar-refractivity contribution >= 4 is 21.9 Å². The number of esters is 1. The van der Waals surface area contributed by atoms with Crippen LogP contribution >= 0.6 is 15.9 Å². The molecule has 0 atom stereocenters. The Morgan fingerprint density at radius 2 is 1.45 bits per heavy atom. The number of hydrogen-bond donors (Lipinski definition) is 0. The monoisotopic (exact) mass is 366 g/mol. The van der Waals surface area contributed by atoms with Gasteiger partial charge in [0.15, 0.2) is 6.61 Å². The van der Waals surface area contributed by atoms with Gasteiger partial charge in [0.2, 0.25) is 0 Å². The first-order valence-electron chi connectivity index (χ1n) is 6.43. The molecule has 0 radical (unpaired) electrons. The van der Waals surface area contributed by atoms with Crippen molar-refractivity contribution in [1.29, 1.82) is 0 Å². The second-order valence-corrected chi connectivity index (χ2v) is 5.18. The van der Waals surface area contributed by atoms with Gasteiger partial charge in [0.25, 0.3) is 0 Å². The van der Waals surface area contributed by atoms with Crippen LogP contribution < -0.4 is 18.9 Å². The lowest BCUT2D eigenvalue weighted by Crippen LogP contribution is -2.17. The van der Waals surface area contributed by atoms with Crippen LogP contribution in [0.25, 0.3) is 0 Å². The molecule has 0 saturated heterocycles. The van der Waals surface area contributed by atoms with Crippen molar-refractivity contribution in [3.8, 4) is 23.0 Å². The second-order valence-electron chi connectivity index (χ2n) is 4.27. The van der Waals surface area contributed by atoms with Crippen LogP contribution in [0.3, 0.4) is 0 Å². The molecule has 116 valence electrons. The number of benzene rings is 2. The van der Waals surface area contributed by atoms with E-state index in [9.17, 15) is 4.79 Å². The fraction of sp³-hybridized carbons (Fsp3) is 0.188. The van der Waals surface area contributed by atoms with Gasteiger partial charge in [0, 0.05) is 22.7 Å². The van der Waals surface area contributed by atoms with Crippen molar-refractivity contribution in [3.05, 3.63) is 46.9 Å². The molecule has 2 aromatic rings. The van der Waals surface area contributed by atoms with E-state index in [4.69, 9.17) is 18.9 Å². The van der Waals surface area contributed by atoms with Crippen LogP contribution in [0.2, 0.25) is 0 Å². The minimum atomic E-state index is -0.516. The van der Waals surface area contributed by atoms with Crippen molar-refractivity contribution in [1.82, 2.24) is 0 Å². The van der Waals surface area contributed by atoms with Crippen LogP contribution in [-0.2, 0) is 4.79 Å². The van der Waals surface area contributed by atoms with Gasteiger partial charge < -0.3 is 18.9 Å². The lowest BCUT2D eigenvalue weighted by atomic mass is 10.3. The third-order valence-electron chi connectivity index (χ3n) is 2.73. The van der Waals surface area contributed by atoms with Gasteiger partial charge in [-0.2, -0.15) is 0 Å². The van der Waals surface area contributed by atoms with Gasteiger partial charge in [-0.05, 0) is 24.3 Å². The Hall–Kier alpha value is -2.21. The highest BCUT2D eigenvalue weighted by molar-refractivity contribution is 9.10. The van der Waals surface area contributed by atoms with E-state index in [0.29, 0.717) is 23.0 Å². The molecule has 2 aromatic carbocycles. The minimum Gasteiger partial charge on any atom is -0.496 e. The zero-order valence-corrected chi connectivity index (χ0v) is 13.8. The van der Waals surface area contributed by atoms with E-state index in [0.717, 1.165) is 4.47 Å². The normalized spacial score (nSPS) is 9.95. The molecule has 0 spiro atoms. The molecule has 0 unspecified atom stereocenters. The first-order chi connectivity index (χ1) is 10.6. The summed E-state index contributed by atoms with van der Waals surface area (Å²) in [7, 11) is 3.05. The molecule has 2 rings (SSSR count). The summed E-state index contributed by atoms with van der Waals surface area (Å²) in [6, 6.07) is 12.1. The molecule has 0 aliphatic carbocycles. The van der Waals surface area contributed by atoms with Crippen molar-refractivity contribution in [2.75, 3.05) is 20.8 Å². The van der Waals surface area contributed by atoms with Gasteiger partial charge in [0.05, 0.1) is 14.2 Å². The molecular formula is C16H15BrO5. The van der Waals surface area contributed by atoms with Crippen LogP contribution in [0.4, 0.5) is 0 Å². The van der Waals surface area contributed by atoms with Crippen molar-refractivity contribution < 1.29 is 23.7 Å². The van der Waals surface area contributed by atoms with E-state index in [2.05, 4.69) is 15.9 Å². The van der Waals surface area contributed by atoms with Crippen molar-refractivity contribution in [2.24, 2.45) is 0 Å². The van der Waals surface area contributed by atoms with E-state index < -0.39 is 5.97 Å². The van der Waals surface area contributed by atoms with E-state index >= 15 is 0 Å². The lowest BCUT2D eigenvalue weighted by molar-refractivity contribution is -0.136. The molecule has 5 nitrogen and oxygen atoms in total. The highest BCUT2D eigenvalue weighted by Crippen LogP contribution is 2.27. The van der Waals surface area contributed by atoms with Gasteiger partial charge in [0.1, 0.15) is 23.0 Å². The van der Waals surface area contributed by atoms with Crippen LogP contribution in [0.1, 0.15) is 0 Å². The third kappa shape index (κ3) is 4.66. The van der Waals surface area contributed by atoms with Gasteiger partial charge >= 0.3 is 5.97 Å².